The van der Waals surface area contributed by atoms with E-state index in [-0.39, 0.29) is 0 Å². The molecule has 1 aromatic carbocycles. The Morgan fingerprint density at radius 1 is 1.25 bits per heavy atom. The highest BCUT2D eigenvalue weighted by Crippen LogP contribution is 2.14. The van der Waals surface area contributed by atoms with Crippen LogP contribution in [0.15, 0.2) is 30.3 Å². The Kier molecular flexibility index (Phi) is 4.84. The van der Waals surface area contributed by atoms with Crippen LogP contribution < -0.4 is 5.32 Å². The molecule has 88 valence electrons. The number of hydrogen-bond donors (Lipinski definition) is 1. The van der Waals surface area contributed by atoms with Gasteiger partial charge in [0.15, 0.2) is 0 Å². The zero-order valence-electron chi connectivity index (χ0n) is 9.82. The molecule has 1 aliphatic rings. The van der Waals surface area contributed by atoms with Crippen LogP contribution in [-0.4, -0.2) is 19.7 Å². The minimum Gasteiger partial charge on any atom is -0.377 e. The average molecular weight is 219 g/mol. The molecular formula is C14H21NO. The van der Waals surface area contributed by atoms with Gasteiger partial charge in [-0.05, 0) is 43.8 Å². The molecule has 0 amide bonds. The van der Waals surface area contributed by atoms with Gasteiger partial charge in [-0.15, -0.1) is 0 Å². The average Bonchev–Trinajstić information content (AvgIpc) is 2.83. The van der Waals surface area contributed by atoms with Gasteiger partial charge in [0, 0.05) is 6.61 Å². The Morgan fingerprint density at radius 2 is 2.12 bits per heavy atom. The molecule has 0 aliphatic carbocycles. The molecule has 1 aliphatic heterocycles. The quantitative estimate of drug-likeness (QED) is 0.743. The molecule has 16 heavy (non-hydrogen) atoms. The summed E-state index contributed by atoms with van der Waals surface area (Å²) in [5.41, 5.74) is 1.27. The molecule has 0 spiro atoms. The monoisotopic (exact) mass is 219 g/mol. The van der Waals surface area contributed by atoms with Crippen LogP contribution in [0.25, 0.3) is 0 Å². The summed E-state index contributed by atoms with van der Waals surface area (Å²) >= 11 is 0. The fourth-order valence-electron chi connectivity index (χ4n) is 2.20. The second-order valence-electron chi connectivity index (χ2n) is 4.54. The number of benzene rings is 1. The lowest BCUT2D eigenvalue weighted by molar-refractivity contribution is 0.114. The zero-order chi connectivity index (χ0) is 11.1. The molecule has 2 heteroatoms. The SMILES string of the molecule is c1ccc(COCCC[C@@H]2CCNC2)cc1. The van der Waals surface area contributed by atoms with Crippen LogP contribution in [0.2, 0.25) is 0 Å². The van der Waals surface area contributed by atoms with Crippen LogP contribution in [0.5, 0.6) is 0 Å². The summed E-state index contributed by atoms with van der Waals surface area (Å²) in [6, 6.07) is 10.4. The summed E-state index contributed by atoms with van der Waals surface area (Å²) in [4.78, 5) is 0. The molecule has 0 saturated carbocycles. The summed E-state index contributed by atoms with van der Waals surface area (Å²) in [5.74, 6) is 0.889. The Hall–Kier alpha value is -0.860. The van der Waals surface area contributed by atoms with Gasteiger partial charge in [-0.1, -0.05) is 30.3 Å². The maximum absolute atomic E-state index is 5.66. The van der Waals surface area contributed by atoms with Crippen molar-refractivity contribution in [3.05, 3.63) is 35.9 Å². The summed E-state index contributed by atoms with van der Waals surface area (Å²) in [6.45, 7) is 4.06. The fraction of sp³-hybridized carbons (Fsp3) is 0.571. The summed E-state index contributed by atoms with van der Waals surface area (Å²) in [6.07, 6.45) is 3.85. The van der Waals surface area contributed by atoms with Crippen molar-refractivity contribution < 1.29 is 4.74 Å². The van der Waals surface area contributed by atoms with Gasteiger partial charge >= 0.3 is 0 Å². The summed E-state index contributed by atoms with van der Waals surface area (Å²) < 4.78 is 5.66. The van der Waals surface area contributed by atoms with Crippen LogP contribution in [0.3, 0.4) is 0 Å². The summed E-state index contributed by atoms with van der Waals surface area (Å²) in [7, 11) is 0. The van der Waals surface area contributed by atoms with Crippen molar-refractivity contribution >= 4 is 0 Å². The van der Waals surface area contributed by atoms with Crippen LogP contribution in [0, 0.1) is 5.92 Å². The fourth-order valence-corrected chi connectivity index (χ4v) is 2.20. The van der Waals surface area contributed by atoms with E-state index in [9.17, 15) is 0 Å². The lowest BCUT2D eigenvalue weighted by Crippen LogP contribution is -2.09. The smallest absolute Gasteiger partial charge is 0.0716 e. The number of ether oxygens (including phenoxy) is 1. The van der Waals surface area contributed by atoms with Gasteiger partial charge in [0.25, 0.3) is 0 Å². The highest BCUT2D eigenvalue weighted by molar-refractivity contribution is 5.13. The lowest BCUT2D eigenvalue weighted by atomic mass is 10.0. The Balaban J connectivity index is 1.52. The van der Waals surface area contributed by atoms with Crippen molar-refractivity contribution in [1.82, 2.24) is 5.32 Å². The Bertz CT molecular complexity index is 280. The molecule has 0 radical (unpaired) electrons. The van der Waals surface area contributed by atoms with Gasteiger partial charge in [0.2, 0.25) is 0 Å². The van der Waals surface area contributed by atoms with Crippen LogP contribution in [0.4, 0.5) is 0 Å². The highest BCUT2D eigenvalue weighted by Gasteiger charge is 2.13. The van der Waals surface area contributed by atoms with Gasteiger partial charge in [-0.25, -0.2) is 0 Å². The minimum atomic E-state index is 0.754. The summed E-state index contributed by atoms with van der Waals surface area (Å²) in [5, 5.41) is 3.40. The number of rotatable bonds is 6. The first kappa shape index (κ1) is 11.6. The van der Waals surface area contributed by atoms with Crippen molar-refractivity contribution in [3.8, 4) is 0 Å². The minimum absolute atomic E-state index is 0.754. The van der Waals surface area contributed by atoms with Crippen molar-refractivity contribution in [2.45, 2.75) is 25.9 Å². The third-order valence-corrected chi connectivity index (χ3v) is 3.17. The molecule has 1 fully saturated rings. The molecule has 0 unspecified atom stereocenters. The van der Waals surface area contributed by atoms with E-state index in [4.69, 9.17) is 4.74 Å². The van der Waals surface area contributed by atoms with E-state index in [0.29, 0.717) is 0 Å². The van der Waals surface area contributed by atoms with Gasteiger partial charge in [0.05, 0.1) is 6.61 Å². The van der Waals surface area contributed by atoms with Crippen molar-refractivity contribution in [2.75, 3.05) is 19.7 Å². The van der Waals surface area contributed by atoms with E-state index in [1.165, 1.54) is 37.9 Å². The predicted molar refractivity (Wildman–Crippen MR) is 66.3 cm³/mol. The molecule has 2 nitrogen and oxygen atoms in total. The van der Waals surface area contributed by atoms with Gasteiger partial charge in [-0.3, -0.25) is 0 Å². The van der Waals surface area contributed by atoms with Crippen LogP contribution in [-0.2, 0) is 11.3 Å². The number of nitrogens with one attached hydrogen (secondary N) is 1. The van der Waals surface area contributed by atoms with Crippen LogP contribution in [0.1, 0.15) is 24.8 Å². The molecule has 0 aromatic heterocycles. The van der Waals surface area contributed by atoms with Gasteiger partial charge in [-0.2, -0.15) is 0 Å². The van der Waals surface area contributed by atoms with Crippen molar-refractivity contribution in [3.63, 3.8) is 0 Å². The van der Waals surface area contributed by atoms with Crippen molar-refractivity contribution in [1.29, 1.82) is 0 Å². The molecule has 1 heterocycles. The third kappa shape index (κ3) is 3.95. The predicted octanol–water partition coefficient (Wildman–Crippen LogP) is 2.59. The van der Waals surface area contributed by atoms with Gasteiger partial charge in [0.1, 0.15) is 0 Å². The first-order valence-corrected chi connectivity index (χ1v) is 6.27. The zero-order valence-corrected chi connectivity index (χ0v) is 9.82. The van der Waals surface area contributed by atoms with E-state index >= 15 is 0 Å². The third-order valence-electron chi connectivity index (χ3n) is 3.17. The molecule has 1 atom stereocenters. The highest BCUT2D eigenvalue weighted by atomic mass is 16.5. The molecule has 1 saturated heterocycles. The standard InChI is InChI=1S/C14H21NO/c1-2-5-14(6-3-1)12-16-10-4-7-13-8-9-15-11-13/h1-3,5-6,13,15H,4,7-12H2/t13-/m1/s1. The van der Waals surface area contributed by atoms with Crippen LogP contribution >= 0.6 is 0 Å². The van der Waals surface area contributed by atoms with E-state index < -0.39 is 0 Å². The Labute approximate surface area is 98.0 Å². The van der Waals surface area contributed by atoms with E-state index in [1.54, 1.807) is 0 Å². The second kappa shape index (κ2) is 6.66. The lowest BCUT2D eigenvalue weighted by Gasteiger charge is -2.08. The van der Waals surface area contributed by atoms with E-state index in [0.717, 1.165) is 19.1 Å². The van der Waals surface area contributed by atoms with E-state index in [2.05, 4.69) is 29.6 Å². The first-order chi connectivity index (χ1) is 7.95. The normalized spacial score (nSPS) is 20.1. The molecule has 1 N–H and O–H groups in total. The largest absolute Gasteiger partial charge is 0.377 e. The maximum atomic E-state index is 5.66. The second-order valence-corrected chi connectivity index (χ2v) is 4.54. The van der Waals surface area contributed by atoms with Gasteiger partial charge < -0.3 is 10.1 Å². The molecule has 1 aromatic rings. The topological polar surface area (TPSA) is 21.3 Å². The molecular weight excluding hydrogens is 198 g/mol. The maximum Gasteiger partial charge on any atom is 0.0716 e. The first-order valence-electron chi connectivity index (χ1n) is 6.27. The Morgan fingerprint density at radius 3 is 2.88 bits per heavy atom. The molecule has 2 rings (SSSR count). The van der Waals surface area contributed by atoms with Crippen molar-refractivity contribution in [2.24, 2.45) is 5.92 Å². The molecule has 0 bridgehead atoms. The van der Waals surface area contributed by atoms with E-state index in [1.807, 2.05) is 6.07 Å². The number of hydrogen-bond acceptors (Lipinski definition) is 2.